The van der Waals surface area contributed by atoms with Crippen molar-refractivity contribution in [1.82, 2.24) is 0 Å². The molecule has 5 nitrogen and oxygen atoms in total. The van der Waals surface area contributed by atoms with E-state index >= 15 is 0 Å². The Morgan fingerprint density at radius 1 is 1.15 bits per heavy atom. The molecule has 5 heteroatoms. The molecule has 0 atom stereocenters. The largest absolute Gasteiger partial charge is 0.500 e. The van der Waals surface area contributed by atoms with Crippen LogP contribution >= 0.6 is 0 Å². The zero-order valence-corrected chi connectivity index (χ0v) is 11.9. The van der Waals surface area contributed by atoms with Crippen LogP contribution < -0.4 is 5.32 Å². The van der Waals surface area contributed by atoms with Gasteiger partial charge in [0, 0.05) is 5.69 Å². The molecule has 0 heterocycles. The highest BCUT2D eigenvalue weighted by Crippen LogP contribution is 2.11. The number of aryl methyl sites for hydroxylation is 1. The monoisotopic (exact) mass is 277 g/mol. The number of benzene rings is 1. The van der Waals surface area contributed by atoms with Crippen molar-refractivity contribution in [3.8, 4) is 0 Å². The van der Waals surface area contributed by atoms with E-state index in [9.17, 15) is 9.59 Å². The van der Waals surface area contributed by atoms with Crippen LogP contribution in [0.5, 0.6) is 0 Å². The summed E-state index contributed by atoms with van der Waals surface area (Å²) in [6.45, 7) is 5.94. The number of anilines is 1. The van der Waals surface area contributed by atoms with E-state index < -0.39 is 11.9 Å². The van der Waals surface area contributed by atoms with Crippen LogP contribution in [0.3, 0.4) is 0 Å². The predicted octanol–water partition coefficient (Wildman–Crippen LogP) is 2.42. The van der Waals surface area contributed by atoms with Gasteiger partial charge in [0.1, 0.15) is 6.26 Å². The van der Waals surface area contributed by atoms with Gasteiger partial charge in [0.25, 0.3) is 5.91 Å². The van der Waals surface area contributed by atoms with Crippen molar-refractivity contribution in [2.45, 2.75) is 20.8 Å². The molecular weight excluding hydrogens is 258 g/mol. The maximum absolute atomic E-state index is 12.1. The Labute approximate surface area is 118 Å². The van der Waals surface area contributed by atoms with E-state index in [1.165, 1.54) is 0 Å². The number of hydrogen-bond acceptors (Lipinski definition) is 4. The molecule has 1 N–H and O–H groups in total. The molecule has 0 aliphatic heterocycles. The predicted molar refractivity (Wildman–Crippen MR) is 76.2 cm³/mol. The topological polar surface area (TPSA) is 64.6 Å². The normalized spacial score (nSPS) is 10.8. The number of hydrogen-bond donors (Lipinski definition) is 1. The molecule has 1 aromatic carbocycles. The van der Waals surface area contributed by atoms with E-state index in [0.717, 1.165) is 11.8 Å². The minimum atomic E-state index is -0.703. The average molecular weight is 277 g/mol. The summed E-state index contributed by atoms with van der Waals surface area (Å²) >= 11 is 0. The van der Waals surface area contributed by atoms with Crippen molar-refractivity contribution >= 4 is 17.6 Å². The molecule has 0 saturated heterocycles. The highest BCUT2D eigenvalue weighted by Gasteiger charge is 2.20. The Morgan fingerprint density at radius 2 is 1.80 bits per heavy atom. The number of nitrogens with one attached hydrogen (secondary N) is 1. The lowest BCUT2D eigenvalue weighted by Crippen LogP contribution is -2.22. The standard InChI is InChI=1S/C15H19NO4/c1-4-19-10-13(15(18)20-5-2)14(17)16-12-8-6-11(3)7-9-12/h6-10H,4-5H2,1-3H3,(H,16,17)/b13-10-. The molecule has 0 unspecified atom stereocenters. The van der Waals surface area contributed by atoms with Gasteiger partial charge < -0.3 is 14.8 Å². The van der Waals surface area contributed by atoms with E-state index in [2.05, 4.69) is 5.32 Å². The first kappa shape index (κ1) is 15.8. The fourth-order valence-corrected chi connectivity index (χ4v) is 1.41. The van der Waals surface area contributed by atoms with Gasteiger partial charge >= 0.3 is 5.97 Å². The van der Waals surface area contributed by atoms with Crippen molar-refractivity contribution in [2.75, 3.05) is 18.5 Å². The van der Waals surface area contributed by atoms with E-state index in [4.69, 9.17) is 9.47 Å². The molecule has 0 aromatic heterocycles. The van der Waals surface area contributed by atoms with Crippen LogP contribution in [-0.2, 0) is 19.1 Å². The SMILES string of the molecule is CCO/C=C(/C(=O)Nc1ccc(C)cc1)C(=O)OCC. The molecule has 20 heavy (non-hydrogen) atoms. The summed E-state index contributed by atoms with van der Waals surface area (Å²) in [7, 11) is 0. The molecule has 1 amide bonds. The number of ether oxygens (including phenoxy) is 2. The van der Waals surface area contributed by atoms with Crippen LogP contribution in [-0.4, -0.2) is 25.1 Å². The van der Waals surface area contributed by atoms with Crippen molar-refractivity contribution < 1.29 is 19.1 Å². The summed E-state index contributed by atoms with van der Waals surface area (Å²) in [5, 5.41) is 2.63. The van der Waals surface area contributed by atoms with Crippen LogP contribution in [0.15, 0.2) is 36.1 Å². The molecule has 0 saturated carbocycles. The summed E-state index contributed by atoms with van der Waals surface area (Å²) in [5.74, 6) is -1.26. The molecule has 108 valence electrons. The second-order valence-electron chi connectivity index (χ2n) is 4.03. The van der Waals surface area contributed by atoms with E-state index in [1.54, 1.807) is 26.0 Å². The molecule has 0 aliphatic carbocycles. The van der Waals surface area contributed by atoms with E-state index in [0.29, 0.717) is 12.3 Å². The Morgan fingerprint density at radius 3 is 2.35 bits per heavy atom. The summed E-state index contributed by atoms with van der Waals surface area (Å²) in [6.07, 6.45) is 1.13. The van der Waals surface area contributed by atoms with Gasteiger partial charge in [-0.25, -0.2) is 4.79 Å². The summed E-state index contributed by atoms with van der Waals surface area (Å²) in [4.78, 5) is 23.8. The highest BCUT2D eigenvalue weighted by molar-refractivity contribution is 6.20. The highest BCUT2D eigenvalue weighted by atomic mass is 16.5. The van der Waals surface area contributed by atoms with Gasteiger partial charge in [0.05, 0.1) is 13.2 Å². The van der Waals surface area contributed by atoms with Crippen molar-refractivity contribution in [3.63, 3.8) is 0 Å². The van der Waals surface area contributed by atoms with Gasteiger partial charge in [0.2, 0.25) is 0 Å². The van der Waals surface area contributed by atoms with Gasteiger partial charge in [-0.05, 0) is 32.9 Å². The number of rotatable bonds is 6. The van der Waals surface area contributed by atoms with Crippen LogP contribution in [0.2, 0.25) is 0 Å². The zero-order chi connectivity index (χ0) is 15.0. The first-order valence-corrected chi connectivity index (χ1v) is 6.45. The first-order chi connectivity index (χ1) is 9.58. The van der Waals surface area contributed by atoms with Crippen molar-refractivity contribution in [1.29, 1.82) is 0 Å². The summed E-state index contributed by atoms with van der Waals surface area (Å²) < 4.78 is 9.85. The lowest BCUT2D eigenvalue weighted by Gasteiger charge is -2.08. The molecule has 0 radical (unpaired) electrons. The number of amides is 1. The fourth-order valence-electron chi connectivity index (χ4n) is 1.41. The van der Waals surface area contributed by atoms with E-state index in [-0.39, 0.29) is 12.2 Å². The van der Waals surface area contributed by atoms with Gasteiger partial charge in [-0.15, -0.1) is 0 Å². The second kappa shape index (κ2) is 7.99. The van der Waals surface area contributed by atoms with Crippen LogP contribution in [0.4, 0.5) is 5.69 Å². The molecule has 0 spiro atoms. The molecule has 1 aromatic rings. The Balaban J connectivity index is 2.82. The summed E-state index contributed by atoms with van der Waals surface area (Å²) in [5.41, 5.74) is 1.53. The summed E-state index contributed by atoms with van der Waals surface area (Å²) in [6, 6.07) is 7.26. The smallest absolute Gasteiger partial charge is 0.346 e. The lowest BCUT2D eigenvalue weighted by molar-refractivity contribution is -0.139. The van der Waals surface area contributed by atoms with Gasteiger partial charge in [-0.3, -0.25) is 4.79 Å². The van der Waals surface area contributed by atoms with Crippen molar-refractivity contribution in [2.24, 2.45) is 0 Å². The van der Waals surface area contributed by atoms with E-state index in [1.807, 2.05) is 19.1 Å². The number of esters is 1. The Hall–Kier alpha value is -2.30. The van der Waals surface area contributed by atoms with Gasteiger partial charge in [-0.1, -0.05) is 17.7 Å². The number of carbonyl (C=O) groups excluding carboxylic acids is 2. The second-order valence-corrected chi connectivity index (χ2v) is 4.03. The van der Waals surface area contributed by atoms with Crippen LogP contribution in [0, 0.1) is 6.92 Å². The molecule has 0 bridgehead atoms. The zero-order valence-electron chi connectivity index (χ0n) is 11.9. The van der Waals surface area contributed by atoms with Crippen molar-refractivity contribution in [3.05, 3.63) is 41.7 Å². The van der Waals surface area contributed by atoms with Crippen LogP contribution in [0.25, 0.3) is 0 Å². The maximum Gasteiger partial charge on any atom is 0.346 e. The lowest BCUT2D eigenvalue weighted by atomic mass is 10.2. The maximum atomic E-state index is 12.1. The fraction of sp³-hybridized carbons (Fsp3) is 0.333. The third-order valence-corrected chi connectivity index (χ3v) is 2.42. The number of carbonyl (C=O) groups is 2. The molecule has 0 fully saturated rings. The van der Waals surface area contributed by atoms with Gasteiger partial charge in [-0.2, -0.15) is 0 Å². The first-order valence-electron chi connectivity index (χ1n) is 6.45. The Bertz CT molecular complexity index is 491. The third kappa shape index (κ3) is 4.76. The molecular formula is C15H19NO4. The minimum Gasteiger partial charge on any atom is -0.500 e. The molecule has 0 aliphatic rings. The Kier molecular flexibility index (Phi) is 6.29. The average Bonchev–Trinajstić information content (AvgIpc) is 2.42. The van der Waals surface area contributed by atoms with Crippen LogP contribution in [0.1, 0.15) is 19.4 Å². The minimum absolute atomic E-state index is 0.158. The third-order valence-electron chi connectivity index (χ3n) is 2.42. The van der Waals surface area contributed by atoms with Gasteiger partial charge in [0.15, 0.2) is 5.57 Å². The quantitative estimate of drug-likeness (QED) is 0.285. The molecule has 1 rings (SSSR count).